The fourth-order valence-electron chi connectivity index (χ4n) is 3.73. The van der Waals surface area contributed by atoms with Gasteiger partial charge in [0, 0.05) is 25.0 Å². The first kappa shape index (κ1) is 19.6. The molecule has 150 valence electrons. The maximum Gasteiger partial charge on any atom is 0.174 e. The number of hydrogen-bond donors (Lipinski definition) is 1. The number of halogens is 1. The molecule has 0 aliphatic carbocycles. The predicted molar refractivity (Wildman–Crippen MR) is 120 cm³/mol. The van der Waals surface area contributed by atoms with E-state index in [4.69, 9.17) is 33.3 Å². The van der Waals surface area contributed by atoms with Gasteiger partial charge in [0.25, 0.3) is 0 Å². The van der Waals surface area contributed by atoms with E-state index in [0.29, 0.717) is 21.6 Å². The molecule has 0 fully saturated rings. The van der Waals surface area contributed by atoms with Crippen molar-refractivity contribution in [1.29, 1.82) is 0 Å². The first-order chi connectivity index (χ1) is 14.1. The monoisotopic (exact) mass is 427 g/mol. The molecule has 3 aromatic rings. The minimum atomic E-state index is -0.0546. The Labute approximate surface area is 180 Å². The van der Waals surface area contributed by atoms with Crippen LogP contribution in [0.25, 0.3) is 0 Å². The minimum absolute atomic E-state index is 0.0546. The maximum absolute atomic E-state index is 6.32. The lowest BCUT2D eigenvalue weighted by atomic mass is 9.99. The van der Waals surface area contributed by atoms with E-state index in [1.54, 1.807) is 14.2 Å². The van der Waals surface area contributed by atoms with Crippen LogP contribution in [-0.2, 0) is 6.54 Å². The number of methoxy groups -OCH3 is 2. The van der Waals surface area contributed by atoms with Gasteiger partial charge in [-0.05, 0) is 54.2 Å². The van der Waals surface area contributed by atoms with Crippen molar-refractivity contribution < 1.29 is 9.47 Å². The van der Waals surface area contributed by atoms with Crippen LogP contribution >= 0.6 is 23.8 Å². The fourth-order valence-corrected chi connectivity index (χ4v) is 4.22. The lowest BCUT2D eigenvalue weighted by molar-refractivity contribution is 0.291. The summed E-state index contributed by atoms with van der Waals surface area (Å²) in [6.07, 6.45) is 2.10. The van der Waals surface area contributed by atoms with Gasteiger partial charge in [-0.15, -0.1) is 0 Å². The zero-order valence-corrected chi connectivity index (χ0v) is 17.8. The quantitative estimate of drug-likeness (QED) is 0.596. The van der Waals surface area contributed by atoms with Crippen molar-refractivity contribution in [2.24, 2.45) is 0 Å². The molecule has 0 saturated heterocycles. The van der Waals surface area contributed by atoms with E-state index in [-0.39, 0.29) is 6.04 Å². The Balaban J connectivity index is 1.72. The lowest BCUT2D eigenvalue weighted by Crippen LogP contribution is -2.44. The molecule has 1 aromatic heterocycles. The summed E-state index contributed by atoms with van der Waals surface area (Å²) >= 11 is 12.1. The number of aromatic nitrogens is 1. The number of ether oxygens (including phenoxy) is 2. The van der Waals surface area contributed by atoms with Crippen molar-refractivity contribution in [3.05, 3.63) is 77.1 Å². The number of rotatable bonds is 4. The molecule has 0 spiro atoms. The summed E-state index contributed by atoms with van der Waals surface area (Å²) in [5.41, 5.74) is 3.04. The summed E-state index contributed by atoms with van der Waals surface area (Å²) in [7, 11) is 3.28. The topological polar surface area (TPSA) is 38.7 Å². The summed E-state index contributed by atoms with van der Waals surface area (Å²) in [5.74, 6) is 1.39. The van der Waals surface area contributed by atoms with E-state index in [1.807, 2.05) is 36.4 Å². The summed E-state index contributed by atoms with van der Waals surface area (Å²) in [6.45, 7) is 1.63. The maximum atomic E-state index is 6.32. The van der Waals surface area contributed by atoms with E-state index < -0.39 is 0 Å². The molecule has 1 N–H and O–H groups in total. The zero-order valence-electron chi connectivity index (χ0n) is 16.3. The molecule has 0 saturated carbocycles. The molecule has 1 aliphatic rings. The van der Waals surface area contributed by atoms with Gasteiger partial charge in [-0.3, -0.25) is 0 Å². The first-order valence-electron chi connectivity index (χ1n) is 9.31. The number of hydrogen-bond acceptors (Lipinski definition) is 3. The minimum Gasteiger partial charge on any atom is -0.493 e. The second kappa shape index (κ2) is 8.35. The average molecular weight is 428 g/mol. The molecule has 5 nitrogen and oxygen atoms in total. The fraction of sp³-hybridized carbons (Fsp3) is 0.227. The smallest absolute Gasteiger partial charge is 0.174 e. The Morgan fingerprint density at radius 3 is 2.59 bits per heavy atom. The highest BCUT2D eigenvalue weighted by Crippen LogP contribution is 2.37. The van der Waals surface area contributed by atoms with Gasteiger partial charge < -0.3 is 24.3 Å². The zero-order chi connectivity index (χ0) is 20.4. The van der Waals surface area contributed by atoms with Crippen LogP contribution in [0.1, 0.15) is 17.3 Å². The Hall–Kier alpha value is -2.70. The first-order valence-corrected chi connectivity index (χ1v) is 10.1. The van der Waals surface area contributed by atoms with Crippen LogP contribution in [0.3, 0.4) is 0 Å². The highest BCUT2D eigenvalue weighted by atomic mass is 35.5. The van der Waals surface area contributed by atoms with Crippen molar-refractivity contribution in [3.8, 4) is 11.5 Å². The van der Waals surface area contributed by atoms with Crippen molar-refractivity contribution in [2.45, 2.75) is 12.6 Å². The standard InChI is InChI=1S/C22H22ClN3O2S/c1-27-19-10-9-15(14-20(19)28-2)21-18-8-5-11-25(18)12-13-26(21)22(29)24-17-7-4-3-6-16(17)23/h3-11,14,21H,12-13H2,1-2H3,(H,24,29). The third-order valence-electron chi connectivity index (χ3n) is 5.14. The highest BCUT2D eigenvalue weighted by Gasteiger charge is 2.31. The third-order valence-corrected chi connectivity index (χ3v) is 5.80. The molecule has 0 radical (unpaired) electrons. The molecule has 1 aliphatic heterocycles. The van der Waals surface area contributed by atoms with Crippen molar-refractivity contribution >= 4 is 34.6 Å². The number of fused-ring (bicyclic) bond motifs is 1. The number of nitrogens with one attached hydrogen (secondary N) is 1. The van der Waals surface area contributed by atoms with Crippen molar-refractivity contribution in [2.75, 3.05) is 26.1 Å². The van der Waals surface area contributed by atoms with Gasteiger partial charge in [0.05, 0.1) is 31.0 Å². The van der Waals surface area contributed by atoms with E-state index in [2.05, 4.69) is 39.2 Å². The number of benzene rings is 2. The summed E-state index contributed by atoms with van der Waals surface area (Å²) in [6, 6.07) is 17.7. The van der Waals surface area contributed by atoms with Crippen molar-refractivity contribution in [1.82, 2.24) is 9.47 Å². The Bertz CT molecular complexity index is 1040. The van der Waals surface area contributed by atoms with Crippen LogP contribution in [0, 0.1) is 0 Å². The molecule has 2 aromatic carbocycles. The molecule has 1 atom stereocenters. The van der Waals surface area contributed by atoms with Crippen LogP contribution < -0.4 is 14.8 Å². The third kappa shape index (κ3) is 3.78. The highest BCUT2D eigenvalue weighted by molar-refractivity contribution is 7.80. The van der Waals surface area contributed by atoms with Gasteiger partial charge >= 0.3 is 0 Å². The van der Waals surface area contributed by atoms with Gasteiger partial charge in [0.1, 0.15) is 0 Å². The Kier molecular flexibility index (Phi) is 5.65. The van der Waals surface area contributed by atoms with Crippen LogP contribution in [0.4, 0.5) is 5.69 Å². The van der Waals surface area contributed by atoms with Gasteiger partial charge in [-0.25, -0.2) is 0 Å². The molecular formula is C22H22ClN3O2S. The van der Waals surface area contributed by atoms with Crippen LogP contribution in [-0.4, -0.2) is 35.3 Å². The van der Waals surface area contributed by atoms with E-state index >= 15 is 0 Å². The Morgan fingerprint density at radius 2 is 1.83 bits per heavy atom. The summed E-state index contributed by atoms with van der Waals surface area (Å²) in [4.78, 5) is 2.19. The van der Waals surface area contributed by atoms with Crippen LogP contribution in [0.5, 0.6) is 11.5 Å². The van der Waals surface area contributed by atoms with Gasteiger partial charge in [-0.1, -0.05) is 29.8 Å². The van der Waals surface area contributed by atoms with E-state index in [0.717, 1.165) is 24.3 Å². The molecule has 1 unspecified atom stereocenters. The molecule has 4 rings (SSSR count). The second-order valence-corrected chi connectivity index (χ2v) is 7.54. The predicted octanol–water partition coefficient (Wildman–Crippen LogP) is 4.96. The van der Waals surface area contributed by atoms with Crippen molar-refractivity contribution in [3.63, 3.8) is 0 Å². The SMILES string of the molecule is COc1ccc(C2c3cccn3CCN2C(=S)Nc2ccccc2Cl)cc1OC. The largest absolute Gasteiger partial charge is 0.493 e. The molecular weight excluding hydrogens is 406 g/mol. The number of para-hydroxylation sites is 1. The number of nitrogens with zero attached hydrogens (tertiary/aromatic N) is 2. The summed E-state index contributed by atoms with van der Waals surface area (Å²) < 4.78 is 13.2. The number of thiocarbonyl (C=S) groups is 1. The summed E-state index contributed by atoms with van der Waals surface area (Å²) in [5, 5.41) is 4.58. The number of anilines is 1. The van der Waals surface area contributed by atoms with Gasteiger partial charge in [-0.2, -0.15) is 0 Å². The lowest BCUT2D eigenvalue weighted by Gasteiger charge is -2.39. The van der Waals surface area contributed by atoms with Gasteiger partial charge in [0.2, 0.25) is 0 Å². The van der Waals surface area contributed by atoms with E-state index in [1.165, 1.54) is 5.69 Å². The van der Waals surface area contributed by atoms with Crippen LogP contribution in [0.2, 0.25) is 5.02 Å². The normalized spacial score (nSPS) is 15.6. The molecule has 7 heteroatoms. The van der Waals surface area contributed by atoms with Crippen LogP contribution in [0.15, 0.2) is 60.8 Å². The second-order valence-electron chi connectivity index (χ2n) is 6.75. The van der Waals surface area contributed by atoms with Gasteiger partial charge in [0.15, 0.2) is 16.6 Å². The Morgan fingerprint density at radius 1 is 1.03 bits per heavy atom. The van der Waals surface area contributed by atoms with E-state index in [9.17, 15) is 0 Å². The molecule has 29 heavy (non-hydrogen) atoms. The molecule has 0 amide bonds. The average Bonchev–Trinajstić information content (AvgIpc) is 3.23. The molecule has 0 bridgehead atoms. The molecule has 2 heterocycles.